The Morgan fingerprint density at radius 1 is 1.33 bits per heavy atom. The number of alkyl halides is 3. The van der Waals surface area contributed by atoms with E-state index in [1.54, 1.807) is 20.3 Å². The van der Waals surface area contributed by atoms with Gasteiger partial charge < -0.3 is 14.6 Å². The molecule has 2 aliphatic rings. The summed E-state index contributed by atoms with van der Waals surface area (Å²) in [6.45, 7) is 1.49. The Hall–Kier alpha value is -1.96. The molecule has 170 valence electrons. The number of halogens is 3. The van der Waals surface area contributed by atoms with Crippen molar-refractivity contribution in [3.63, 3.8) is 0 Å². The molecule has 2 saturated heterocycles. The third-order valence-electron chi connectivity index (χ3n) is 4.76. The number of ether oxygens (including phenoxy) is 2. The minimum atomic E-state index is -5.08. The van der Waals surface area contributed by atoms with Crippen molar-refractivity contribution in [3.8, 4) is 5.88 Å². The summed E-state index contributed by atoms with van der Waals surface area (Å²) >= 11 is 0. The molecular weight excluding hydrogens is 431 g/mol. The van der Waals surface area contributed by atoms with Gasteiger partial charge in [-0.1, -0.05) is 6.07 Å². The lowest BCUT2D eigenvalue weighted by atomic mass is 9.89. The van der Waals surface area contributed by atoms with E-state index < -0.39 is 22.4 Å². The van der Waals surface area contributed by atoms with Gasteiger partial charge in [-0.25, -0.2) is 9.78 Å². The lowest BCUT2D eigenvalue weighted by Crippen LogP contribution is -2.49. The molecule has 1 aromatic rings. The normalized spacial score (nSPS) is 21.9. The van der Waals surface area contributed by atoms with Crippen molar-refractivity contribution in [2.24, 2.45) is 0 Å². The van der Waals surface area contributed by atoms with E-state index in [0.717, 1.165) is 6.42 Å². The second kappa shape index (κ2) is 9.45. The Morgan fingerprint density at radius 3 is 2.40 bits per heavy atom. The van der Waals surface area contributed by atoms with E-state index in [-0.39, 0.29) is 11.7 Å². The molecule has 1 aromatic heterocycles. The highest BCUT2D eigenvalue weighted by Gasteiger charge is 2.45. The van der Waals surface area contributed by atoms with E-state index >= 15 is 0 Å². The molecule has 1 unspecified atom stereocenters. The zero-order chi connectivity index (χ0) is 22.6. The van der Waals surface area contributed by atoms with E-state index in [4.69, 9.17) is 19.4 Å². The van der Waals surface area contributed by atoms with Crippen LogP contribution in [0, 0.1) is 0 Å². The smallest absolute Gasteiger partial charge is 0.475 e. The van der Waals surface area contributed by atoms with Gasteiger partial charge in [0.2, 0.25) is 5.88 Å². The summed E-state index contributed by atoms with van der Waals surface area (Å²) in [6, 6.07) is 5.57. The first-order chi connectivity index (χ1) is 13.9. The average molecular weight is 455 g/mol. The molecule has 0 aliphatic carbocycles. The molecular formula is C17H24F3N3O6S. The van der Waals surface area contributed by atoms with Crippen LogP contribution in [0.15, 0.2) is 24.4 Å². The second-order valence-electron chi connectivity index (χ2n) is 7.10. The maximum absolute atomic E-state index is 12.2. The summed E-state index contributed by atoms with van der Waals surface area (Å²) in [5.74, 6) is -2.15. The number of hydrogen-bond donors (Lipinski definition) is 1. The van der Waals surface area contributed by atoms with Gasteiger partial charge in [-0.15, -0.1) is 0 Å². The molecule has 0 bridgehead atoms. The highest BCUT2D eigenvalue weighted by Crippen LogP contribution is 2.37. The summed E-state index contributed by atoms with van der Waals surface area (Å²) in [7, 11) is -0.222. The SMILES string of the molecule is CN(C)S(=O)(=O)N1CCC2(CC1)CC(Oc1ccccn1)CO2.O=C(O)C(F)(F)F. The summed E-state index contributed by atoms with van der Waals surface area (Å²) in [6.07, 6.45) is -1.24. The molecule has 0 aromatic carbocycles. The van der Waals surface area contributed by atoms with Gasteiger partial charge in [-0.05, 0) is 18.9 Å². The number of pyridine rings is 1. The van der Waals surface area contributed by atoms with Crippen LogP contribution in [-0.4, -0.2) is 84.8 Å². The monoisotopic (exact) mass is 455 g/mol. The van der Waals surface area contributed by atoms with Crippen molar-refractivity contribution in [2.75, 3.05) is 33.8 Å². The van der Waals surface area contributed by atoms with Crippen LogP contribution in [0.1, 0.15) is 19.3 Å². The molecule has 9 nitrogen and oxygen atoms in total. The Bertz CT molecular complexity index is 812. The Kier molecular flexibility index (Phi) is 7.66. The highest BCUT2D eigenvalue weighted by molar-refractivity contribution is 7.86. The topological polar surface area (TPSA) is 109 Å². The van der Waals surface area contributed by atoms with Crippen LogP contribution >= 0.6 is 0 Å². The van der Waals surface area contributed by atoms with Gasteiger partial charge in [-0.3, -0.25) is 0 Å². The summed E-state index contributed by atoms with van der Waals surface area (Å²) < 4.78 is 70.7. The van der Waals surface area contributed by atoms with Gasteiger partial charge in [0.05, 0.1) is 12.2 Å². The van der Waals surface area contributed by atoms with Crippen molar-refractivity contribution in [2.45, 2.75) is 37.1 Å². The van der Waals surface area contributed by atoms with Crippen LogP contribution < -0.4 is 4.74 Å². The maximum atomic E-state index is 12.2. The zero-order valence-electron chi connectivity index (χ0n) is 16.5. The first-order valence-electron chi connectivity index (χ1n) is 9.05. The van der Waals surface area contributed by atoms with Crippen molar-refractivity contribution < 1.29 is 41.0 Å². The van der Waals surface area contributed by atoms with Crippen molar-refractivity contribution in [1.82, 2.24) is 13.6 Å². The van der Waals surface area contributed by atoms with Crippen LogP contribution in [0.3, 0.4) is 0 Å². The minimum absolute atomic E-state index is 0.0260. The van der Waals surface area contributed by atoms with Gasteiger partial charge in [0, 0.05) is 45.9 Å². The highest BCUT2D eigenvalue weighted by atomic mass is 32.2. The zero-order valence-corrected chi connectivity index (χ0v) is 17.3. The Labute approximate surface area is 172 Å². The number of nitrogens with zero attached hydrogens (tertiary/aromatic N) is 3. The van der Waals surface area contributed by atoms with Crippen LogP contribution in [0.5, 0.6) is 5.88 Å². The molecule has 2 aliphatic heterocycles. The van der Waals surface area contributed by atoms with E-state index in [1.165, 1.54) is 8.61 Å². The Balaban J connectivity index is 0.000000396. The quantitative estimate of drug-likeness (QED) is 0.733. The molecule has 1 atom stereocenters. The van der Waals surface area contributed by atoms with Crippen LogP contribution in [0.25, 0.3) is 0 Å². The first kappa shape index (κ1) is 24.3. The number of hydrogen-bond acceptors (Lipinski definition) is 6. The first-order valence-corrected chi connectivity index (χ1v) is 10.4. The summed E-state index contributed by atoms with van der Waals surface area (Å²) in [5, 5.41) is 7.12. The second-order valence-corrected chi connectivity index (χ2v) is 9.24. The van der Waals surface area contributed by atoms with E-state index in [2.05, 4.69) is 4.98 Å². The Morgan fingerprint density at radius 2 is 1.93 bits per heavy atom. The molecule has 3 heterocycles. The molecule has 13 heteroatoms. The van der Waals surface area contributed by atoms with Gasteiger partial charge in [0.25, 0.3) is 10.2 Å². The van der Waals surface area contributed by atoms with Crippen LogP contribution in [-0.2, 0) is 19.7 Å². The number of piperidine rings is 1. The van der Waals surface area contributed by atoms with Gasteiger partial charge in [-0.2, -0.15) is 30.2 Å². The van der Waals surface area contributed by atoms with Gasteiger partial charge in [0.15, 0.2) is 0 Å². The number of rotatable bonds is 4. The van der Waals surface area contributed by atoms with Crippen molar-refractivity contribution >= 4 is 16.2 Å². The standard InChI is InChI=1S/C15H23N3O4S.C2HF3O2/c1-17(2)23(19,20)18-9-6-15(7-10-18)11-13(12-21-15)22-14-5-3-4-8-16-14;3-2(4,5)1(6)7/h3-5,8,13H,6-7,9-12H2,1-2H3;(H,6,7). The summed E-state index contributed by atoms with van der Waals surface area (Å²) in [4.78, 5) is 13.1. The number of carboxylic acids is 1. The van der Waals surface area contributed by atoms with Crippen molar-refractivity contribution in [3.05, 3.63) is 24.4 Å². The number of aromatic nitrogens is 1. The van der Waals surface area contributed by atoms with Gasteiger partial charge in [0.1, 0.15) is 6.10 Å². The predicted molar refractivity (Wildman–Crippen MR) is 99.1 cm³/mol. The van der Waals surface area contributed by atoms with Crippen molar-refractivity contribution in [1.29, 1.82) is 0 Å². The molecule has 0 amide bonds. The molecule has 0 radical (unpaired) electrons. The maximum Gasteiger partial charge on any atom is 0.490 e. The predicted octanol–water partition coefficient (Wildman–Crippen LogP) is 1.52. The molecule has 3 rings (SSSR count). The number of carboxylic acid groups (broad SMARTS) is 1. The molecule has 30 heavy (non-hydrogen) atoms. The largest absolute Gasteiger partial charge is 0.490 e. The fraction of sp³-hybridized carbons (Fsp3) is 0.647. The van der Waals surface area contributed by atoms with E-state index in [0.29, 0.717) is 38.4 Å². The van der Waals surface area contributed by atoms with Gasteiger partial charge >= 0.3 is 12.1 Å². The third kappa shape index (κ3) is 6.27. The lowest BCUT2D eigenvalue weighted by molar-refractivity contribution is -0.192. The third-order valence-corrected chi connectivity index (χ3v) is 6.70. The molecule has 1 N–H and O–H groups in total. The van der Waals surface area contributed by atoms with Crippen LogP contribution in [0.2, 0.25) is 0 Å². The van der Waals surface area contributed by atoms with E-state index in [1.807, 2.05) is 18.2 Å². The fourth-order valence-corrected chi connectivity index (χ4v) is 4.28. The fourth-order valence-electron chi connectivity index (χ4n) is 3.17. The number of carbonyl (C=O) groups is 1. The minimum Gasteiger partial charge on any atom is -0.475 e. The van der Waals surface area contributed by atoms with E-state index in [9.17, 15) is 21.6 Å². The summed E-state index contributed by atoms with van der Waals surface area (Å²) in [5.41, 5.74) is -0.266. The molecule has 2 fully saturated rings. The number of aliphatic carboxylic acids is 1. The molecule has 1 spiro atoms. The lowest BCUT2D eigenvalue weighted by Gasteiger charge is -2.38. The average Bonchev–Trinajstić information content (AvgIpc) is 3.04. The molecule has 0 saturated carbocycles. The van der Waals surface area contributed by atoms with Crippen LogP contribution in [0.4, 0.5) is 13.2 Å².